The summed E-state index contributed by atoms with van der Waals surface area (Å²) in [5.74, 6) is -0.0222. The molecule has 0 aliphatic carbocycles. The van der Waals surface area contributed by atoms with Crippen LogP contribution in [0.1, 0.15) is 17.8 Å². The normalized spacial score (nSPS) is 19.5. The van der Waals surface area contributed by atoms with Gasteiger partial charge in [-0.15, -0.1) is 0 Å². The Hall–Kier alpha value is -1.53. The zero-order chi connectivity index (χ0) is 12.8. The van der Waals surface area contributed by atoms with E-state index in [1.165, 1.54) is 0 Å². The molecule has 1 fully saturated rings. The van der Waals surface area contributed by atoms with Crippen LogP contribution in [0.25, 0.3) is 0 Å². The standard InChI is InChI=1S/C12H18N4O2/c1-9-5-15-10(6-14-9)7-16-12(17)4-11-8-13-2-3-18-11/h5-6,11,13H,2-4,7-8H2,1H3,(H,16,17). The predicted octanol–water partition coefficient (Wildman–Crippen LogP) is -0.220. The Balaban J connectivity index is 1.72. The van der Waals surface area contributed by atoms with Crippen LogP contribution >= 0.6 is 0 Å². The van der Waals surface area contributed by atoms with E-state index in [1.54, 1.807) is 12.4 Å². The predicted molar refractivity (Wildman–Crippen MR) is 65.8 cm³/mol. The third-order valence-corrected chi connectivity index (χ3v) is 2.72. The molecule has 0 saturated carbocycles. The lowest BCUT2D eigenvalue weighted by Gasteiger charge is -2.22. The first-order valence-electron chi connectivity index (χ1n) is 6.10. The molecule has 1 atom stereocenters. The van der Waals surface area contributed by atoms with Crippen LogP contribution in [-0.4, -0.2) is 41.7 Å². The number of ether oxygens (including phenoxy) is 1. The Kier molecular flexibility index (Phi) is 4.60. The molecule has 2 rings (SSSR count). The summed E-state index contributed by atoms with van der Waals surface area (Å²) < 4.78 is 5.47. The first-order valence-corrected chi connectivity index (χ1v) is 6.10. The van der Waals surface area contributed by atoms with Crippen molar-refractivity contribution >= 4 is 5.91 Å². The van der Waals surface area contributed by atoms with Gasteiger partial charge in [-0.3, -0.25) is 14.8 Å². The lowest BCUT2D eigenvalue weighted by Crippen LogP contribution is -2.41. The highest BCUT2D eigenvalue weighted by atomic mass is 16.5. The molecule has 1 unspecified atom stereocenters. The number of aryl methyl sites for hydroxylation is 1. The van der Waals surface area contributed by atoms with Crippen LogP contribution in [0.5, 0.6) is 0 Å². The lowest BCUT2D eigenvalue weighted by atomic mass is 10.2. The van der Waals surface area contributed by atoms with Gasteiger partial charge in [-0.1, -0.05) is 0 Å². The fraction of sp³-hybridized carbons (Fsp3) is 0.583. The molecule has 18 heavy (non-hydrogen) atoms. The summed E-state index contributed by atoms with van der Waals surface area (Å²) in [5.41, 5.74) is 1.63. The number of amides is 1. The van der Waals surface area contributed by atoms with E-state index in [2.05, 4.69) is 20.6 Å². The van der Waals surface area contributed by atoms with Gasteiger partial charge in [0.15, 0.2) is 0 Å². The Morgan fingerprint density at radius 2 is 2.44 bits per heavy atom. The van der Waals surface area contributed by atoms with Crippen LogP contribution in [0.3, 0.4) is 0 Å². The number of hydrogen-bond acceptors (Lipinski definition) is 5. The highest BCUT2D eigenvalue weighted by Gasteiger charge is 2.16. The first-order chi connectivity index (χ1) is 8.74. The number of rotatable bonds is 4. The van der Waals surface area contributed by atoms with Crippen LogP contribution in [0.2, 0.25) is 0 Å². The zero-order valence-electron chi connectivity index (χ0n) is 10.5. The third-order valence-electron chi connectivity index (χ3n) is 2.72. The van der Waals surface area contributed by atoms with Crippen molar-refractivity contribution < 1.29 is 9.53 Å². The highest BCUT2D eigenvalue weighted by Crippen LogP contribution is 2.01. The molecule has 0 radical (unpaired) electrons. The van der Waals surface area contributed by atoms with Crippen molar-refractivity contribution in [3.05, 3.63) is 23.8 Å². The Bertz CT molecular complexity index is 388. The minimum atomic E-state index is -0.0251. The summed E-state index contributed by atoms with van der Waals surface area (Å²) in [4.78, 5) is 20.0. The Morgan fingerprint density at radius 3 is 3.11 bits per heavy atom. The minimum absolute atomic E-state index is 0.0222. The quantitative estimate of drug-likeness (QED) is 0.772. The third kappa shape index (κ3) is 4.05. The van der Waals surface area contributed by atoms with E-state index in [4.69, 9.17) is 4.74 Å². The number of carbonyl (C=O) groups is 1. The second-order valence-electron chi connectivity index (χ2n) is 4.33. The number of morpholine rings is 1. The molecular weight excluding hydrogens is 232 g/mol. The fourth-order valence-corrected chi connectivity index (χ4v) is 1.73. The molecule has 6 heteroatoms. The average Bonchev–Trinajstić information content (AvgIpc) is 2.39. The maximum atomic E-state index is 11.7. The van der Waals surface area contributed by atoms with E-state index in [9.17, 15) is 4.79 Å². The van der Waals surface area contributed by atoms with Crippen LogP contribution in [0.15, 0.2) is 12.4 Å². The van der Waals surface area contributed by atoms with Gasteiger partial charge in [0.1, 0.15) is 0 Å². The first kappa shape index (κ1) is 12.9. The number of nitrogens with zero attached hydrogens (tertiary/aromatic N) is 2. The average molecular weight is 250 g/mol. The Morgan fingerprint density at radius 1 is 1.56 bits per heavy atom. The monoisotopic (exact) mass is 250 g/mol. The van der Waals surface area contributed by atoms with Crippen molar-refractivity contribution in [2.75, 3.05) is 19.7 Å². The molecule has 1 saturated heterocycles. The molecule has 98 valence electrons. The smallest absolute Gasteiger partial charge is 0.222 e. The van der Waals surface area contributed by atoms with Crippen molar-refractivity contribution in [3.8, 4) is 0 Å². The molecule has 0 spiro atoms. The van der Waals surface area contributed by atoms with Gasteiger partial charge in [-0.25, -0.2) is 0 Å². The zero-order valence-corrected chi connectivity index (χ0v) is 10.5. The van der Waals surface area contributed by atoms with Gasteiger partial charge < -0.3 is 15.4 Å². The molecule has 1 aliphatic heterocycles. The Labute approximate surface area is 106 Å². The van der Waals surface area contributed by atoms with Gasteiger partial charge in [-0.2, -0.15) is 0 Å². The highest BCUT2D eigenvalue weighted by molar-refractivity contribution is 5.76. The number of carbonyl (C=O) groups excluding carboxylic acids is 1. The van der Waals surface area contributed by atoms with E-state index in [0.29, 0.717) is 19.6 Å². The van der Waals surface area contributed by atoms with Gasteiger partial charge in [-0.05, 0) is 6.92 Å². The van der Waals surface area contributed by atoms with Crippen LogP contribution in [-0.2, 0) is 16.1 Å². The maximum absolute atomic E-state index is 11.7. The molecule has 0 bridgehead atoms. The van der Waals surface area contributed by atoms with E-state index in [0.717, 1.165) is 24.5 Å². The van der Waals surface area contributed by atoms with Crippen LogP contribution in [0.4, 0.5) is 0 Å². The van der Waals surface area contributed by atoms with Crippen LogP contribution < -0.4 is 10.6 Å². The van der Waals surface area contributed by atoms with Crippen molar-refractivity contribution in [1.82, 2.24) is 20.6 Å². The molecule has 0 aromatic carbocycles. The second kappa shape index (κ2) is 6.42. The lowest BCUT2D eigenvalue weighted by molar-refractivity contribution is -0.124. The summed E-state index contributed by atoms with van der Waals surface area (Å²) >= 11 is 0. The second-order valence-corrected chi connectivity index (χ2v) is 4.33. The van der Waals surface area contributed by atoms with Gasteiger partial charge in [0.25, 0.3) is 0 Å². The van der Waals surface area contributed by atoms with Gasteiger partial charge in [0.05, 0.1) is 43.3 Å². The van der Waals surface area contributed by atoms with Crippen molar-refractivity contribution in [1.29, 1.82) is 0 Å². The van der Waals surface area contributed by atoms with Crippen LogP contribution in [0, 0.1) is 6.92 Å². The van der Waals surface area contributed by atoms with Crippen molar-refractivity contribution in [2.24, 2.45) is 0 Å². The summed E-state index contributed by atoms with van der Waals surface area (Å²) in [6.45, 7) is 4.55. The van der Waals surface area contributed by atoms with Gasteiger partial charge in [0.2, 0.25) is 5.91 Å². The molecule has 1 aromatic heterocycles. The van der Waals surface area contributed by atoms with E-state index in [1.807, 2.05) is 6.92 Å². The maximum Gasteiger partial charge on any atom is 0.222 e. The molecule has 6 nitrogen and oxygen atoms in total. The molecule has 2 heterocycles. The summed E-state index contributed by atoms with van der Waals surface area (Å²) in [6.07, 6.45) is 3.72. The van der Waals surface area contributed by atoms with Gasteiger partial charge >= 0.3 is 0 Å². The molecule has 1 aliphatic rings. The topological polar surface area (TPSA) is 76.1 Å². The summed E-state index contributed by atoms with van der Waals surface area (Å²) in [6, 6.07) is 0. The molecule has 1 amide bonds. The summed E-state index contributed by atoms with van der Waals surface area (Å²) in [7, 11) is 0. The fourth-order valence-electron chi connectivity index (χ4n) is 1.73. The van der Waals surface area contributed by atoms with Crippen molar-refractivity contribution in [3.63, 3.8) is 0 Å². The molecule has 1 aromatic rings. The van der Waals surface area contributed by atoms with E-state index < -0.39 is 0 Å². The molecular formula is C12H18N4O2. The van der Waals surface area contributed by atoms with E-state index in [-0.39, 0.29) is 12.0 Å². The largest absolute Gasteiger partial charge is 0.375 e. The van der Waals surface area contributed by atoms with Gasteiger partial charge in [0, 0.05) is 19.3 Å². The number of hydrogen-bond donors (Lipinski definition) is 2. The van der Waals surface area contributed by atoms with Crippen molar-refractivity contribution in [2.45, 2.75) is 26.0 Å². The minimum Gasteiger partial charge on any atom is -0.375 e. The number of nitrogens with one attached hydrogen (secondary N) is 2. The molecule has 2 N–H and O–H groups in total. The SMILES string of the molecule is Cc1cnc(CNC(=O)CC2CNCCO2)cn1. The summed E-state index contributed by atoms with van der Waals surface area (Å²) in [5, 5.41) is 6.01. The number of aromatic nitrogens is 2. The van der Waals surface area contributed by atoms with E-state index >= 15 is 0 Å².